The van der Waals surface area contributed by atoms with E-state index in [0.29, 0.717) is 12.2 Å². The zero-order chi connectivity index (χ0) is 13.1. The molecule has 1 N–H and O–H groups in total. The number of carbonyl (C=O) groups is 1. The molecule has 2 rings (SSSR count). The van der Waals surface area contributed by atoms with Crippen molar-refractivity contribution in [1.29, 1.82) is 0 Å². The number of amides is 1. The van der Waals surface area contributed by atoms with Crippen LogP contribution in [0.4, 0.5) is 5.69 Å². The highest BCUT2D eigenvalue weighted by Gasteiger charge is 2.19. The molecule has 0 aliphatic carbocycles. The topological polar surface area (TPSA) is 49.0 Å². The van der Waals surface area contributed by atoms with Gasteiger partial charge < -0.3 is 4.90 Å². The van der Waals surface area contributed by atoms with Crippen molar-refractivity contribution in [1.82, 2.24) is 10.2 Å². The van der Waals surface area contributed by atoms with Gasteiger partial charge in [0.2, 0.25) is 0 Å². The smallest absolute Gasteiger partial charge is 0.276 e. The lowest BCUT2D eigenvalue weighted by Crippen LogP contribution is -2.31. The van der Waals surface area contributed by atoms with E-state index >= 15 is 0 Å². The second-order valence-electron chi connectivity index (χ2n) is 4.32. The van der Waals surface area contributed by atoms with Gasteiger partial charge in [-0.2, -0.15) is 5.10 Å². The molecule has 0 spiro atoms. The van der Waals surface area contributed by atoms with E-state index in [0.717, 1.165) is 16.8 Å². The lowest BCUT2D eigenvalue weighted by atomic mass is 10.2. The first-order chi connectivity index (χ1) is 8.63. The van der Waals surface area contributed by atoms with Crippen molar-refractivity contribution >= 4 is 11.6 Å². The second kappa shape index (κ2) is 5.04. The maximum absolute atomic E-state index is 12.4. The van der Waals surface area contributed by atoms with Gasteiger partial charge in [0.05, 0.1) is 6.20 Å². The number of anilines is 1. The fourth-order valence-corrected chi connectivity index (χ4v) is 1.94. The average molecular weight is 243 g/mol. The number of nitrogens with one attached hydrogen (secondary N) is 1. The van der Waals surface area contributed by atoms with Crippen LogP contribution in [-0.4, -0.2) is 22.6 Å². The second-order valence-corrected chi connectivity index (χ2v) is 4.32. The highest BCUT2D eigenvalue weighted by molar-refractivity contribution is 6.05. The van der Waals surface area contributed by atoms with Crippen LogP contribution in [0.15, 0.2) is 30.5 Å². The molecule has 2 aromatic rings. The number of H-pyrrole nitrogens is 1. The van der Waals surface area contributed by atoms with Crippen LogP contribution in [0, 0.1) is 13.8 Å². The van der Waals surface area contributed by atoms with E-state index in [4.69, 9.17) is 0 Å². The first-order valence-corrected chi connectivity index (χ1v) is 6.02. The lowest BCUT2D eigenvalue weighted by Gasteiger charge is -2.21. The third kappa shape index (κ3) is 2.27. The molecule has 1 heterocycles. The number of hydrogen-bond acceptors (Lipinski definition) is 2. The van der Waals surface area contributed by atoms with Gasteiger partial charge in [-0.3, -0.25) is 9.89 Å². The molecule has 94 valence electrons. The molecule has 4 nitrogen and oxygen atoms in total. The highest BCUT2D eigenvalue weighted by Crippen LogP contribution is 2.18. The number of nitrogens with zero attached hydrogens (tertiary/aromatic N) is 2. The van der Waals surface area contributed by atoms with Crippen molar-refractivity contribution in [2.75, 3.05) is 11.4 Å². The largest absolute Gasteiger partial charge is 0.307 e. The van der Waals surface area contributed by atoms with Gasteiger partial charge in [0.25, 0.3) is 5.91 Å². The molecule has 1 aromatic heterocycles. The summed E-state index contributed by atoms with van der Waals surface area (Å²) >= 11 is 0. The zero-order valence-electron chi connectivity index (χ0n) is 10.9. The number of hydrogen-bond donors (Lipinski definition) is 1. The van der Waals surface area contributed by atoms with Gasteiger partial charge in [0.1, 0.15) is 5.69 Å². The number of aromatic nitrogens is 2. The predicted octanol–water partition coefficient (Wildman–Crippen LogP) is 2.69. The fourth-order valence-electron chi connectivity index (χ4n) is 1.94. The lowest BCUT2D eigenvalue weighted by molar-refractivity contribution is 0.0983. The minimum absolute atomic E-state index is 0.0434. The summed E-state index contributed by atoms with van der Waals surface area (Å²) < 4.78 is 0. The summed E-state index contributed by atoms with van der Waals surface area (Å²) in [6.07, 6.45) is 1.66. The molecule has 0 aliphatic rings. The van der Waals surface area contributed by atoms with E-state index in [2.05, 4.69) is 10.2 Å². The van der Waals surface area contributed by atoms with Gasteiger partial charge in [-0.25, -0.2) is 0 Å². The Morgan fingerprint density at radius 1 is 1.39 bits per heavy atom. The molecule has 18 heavy (non-hydrogen) atoms. The van der Waals surface area contributed by atoms with Crippen LogP contribution >= 0.6 is 0 Å². The van der Waals surface area contributed by atoms with E-state index in [1.165, 1.54) is 0 Å². The SMILES string of the molecule is CCN(C(=O)c1[nH]ncc1C)c1cccc(C)c1. The Labute approximate surface area is 107 Å². The molecule has 4 heteroatoms. The Balaban J connectivity index is 2.35. The van der Waals surface area contributed by atoms with Crippen LogP contribution in [-0.2, 0) is 0 Å². The van der Waals surface area contributed by atoms with Crippen LogP contribution in [0.1, 0.15) is 28.5 Å². The standard InChI is InChI=1S/C14H17N3O/c1-4-17(12-7-5-6-10(2)8-12)14(18)13-11(3)9-15-16-13/h5-9H,4H2,1-3H3,(H,15,16). The van der Waals surface area contributed by atoms with Crippen LogP contribution in [0.5, 0.6) is 0 Å². The van der Waals surface area contributed by atoms with Crippen LogP contribution in [0.3, 0.4) is 0 Å². The number of aryl methyl sites for hydroxylation is 2. The normalized spacial score (nSPS) is 10.4. The van der Waals surface area contributed by atoms with Crippen molar-refractivity contribution < 1.29 is 4.79 Å². The molecule has 0 radical (unpaired) electrons. The molecule has 0 aliphatic heterocycles. The van der Waals surface area contributed by atoms with E-state index in [1.54, 1.807) is 11.1 Å². The average Bonchev–Trinajstić information content (AvgIpc) is 2.76. The summed E-state index contributed by atoms with van der Waals surface area (Å²) in [7, 11) is 0. The quantitative estimate of drug-likeness (QED) is 0.901. The fraction of sp³-hybridized carbons (Fsp3) is 0.286. The maximum Gasteiger partial charge on any atom is 0.276 e. The summed E-state index contributed by atoms with van der Waals surface area (Å²) in [5.41, 5.74) is 3.47. The molecule has 0 bridgehead atoms. The Morgan fingerprint density at radius 3 is 2.72 bits per heavy atom. The van der Waals surface area contributed by atoms with E-state index in [1.807, 2.05) is 45.0 Å². The number of aromatic amines is 1. The van der Waals surface area contributed by atoms with Crippen molar-refractivity contribution in [3.63, 3.8) is 0 Å². The van der Waals surface area contributed by atoms with Crippen LogP contribution in [0.2, 0.25) is 0 Å². The van der Waals surface area contributed by atoms with Crippen LogP contribution < -0.4 is 4.90 Å². The summed E-state index contributed by atoms with van der Waals surface area (Å²) in [6.45, 7) is 6.48. The molecular formula is C14H17N3O. The third-order valence-electron chi connectivity index (χ3n) is 2.92. The summed E-state index contributed by atoms with van der Waals surface area (Å²) in [5.74, 6) is -0.0434. The molecule has 1 aromatic carbocycles. The molecule has 0 saturated heterocycles. The van der Waals surface area contributed by atoms with Gasteiger partial charge in [-0.15, -0.1) is 0 Å². The van der Waals surface area contributed by atoms with Crippen molar-refractivity contribution in [3.8, 4) is 0 Å². The zero-order valence-corrected chi connectivity index (χ0v) is 10.9. The summed E-state index contributed by atoms with van der Waals surface area (Å²) in [4.78, 5) is 14.2. The van der Waals surface area contributed by atoms with Gasteiger partial charge in [-0.1, -0.05) is 12.1 Å². The predicted molar refractivity (Wildman–Crippen MR) is 71.9 cm³/mol. The first-order valence-electron chi connectivity index (χ1n) is 6.02. The summed E-state index contributed by atoms with van der Waals surface area (Å²) in [5, 5.41) is 6.66. The van der Waals surface area contributed by atoms with E-state index in [-0.39, 0.29) is 5.91 Å². The Bertz CT molecular complexity index is 560. The first kappa shape index (κ1) is 12.4. The van der Waals surface area contributed by atoms with Gasteiger partial charge in [0, 0.05) is 12.2 Å². The third-order valence-corrected chi connectivity index (χ3v) is 2.92. The minimum atomic E-state index is -0.0434. The number of rotatable bonds is 3. The molecule has 0 atom stereocenters. The van der Waals surface area contributed by atoms with E-state index < -0.39 is 0 Å². The minimum Gasteiger partial charge on any atom is -0.307 e. The Kier molecular flexibility index (Phi) is 3.46. The molecule has 0 fully saturated rings. The molecule has 1 amide bonds. The van der Waals surface area contributed by atoms with Gasteiger partial charge in [0.15, 0.2) is 0 Å². The Morgan fingerprint density at radius 2 is 2.17 bits per heavy atom. The van der Waals surface area contributed by atoms with Crippen LogP contribution in [0.25, 0.3) is 0 Å². The Hall–Kier alpha value is -2.10. The molecule has 0 saturated carbocycles. The van der Waals surface area contributed by atoms with E-state index in [9.17, 15) is 4.79 Å². The van der Waals surface area contributed by atoms with Gasteiger partial charge in [-0.05, 0) is 44.0 Å². The van der Waals surface area contributed by atoms with Crippen molar-refractivity contribution in [2.45, 2.75) is 20.8 Å². The highest BCUT2D eigenvalue weighted by atomic mass is 16.2. The van der Waals surface area contributed by atoms with Gasteiger partial charge >= 0.3 is 0 Å². The molecule has 0 unspecified atom stereocenters. The number of carbonyl (C=O) groups excluding carboxylic acids is 1. The van der Waals surface area contributed by atoms with Crippen molar-refractivity contribution in [2.24, 2.45) is 0 Å². The monoisotopic (exact) mass is 243 g/mol. The maximum atomic E-state index is 12.4. The number of benzene rings is 1. The van der Waals surface area contributed by atoms with Crippen molar-refractivity contribution in [3.05, 3.63) is 47.3 Å². The molecular weight excluding hydrogens is 226 g/mol. The summed E-state index contributed by atoms with van der Waals surface area (Å²) in [6, 6.07) is 7.93.